The molecule has 1 unspecified atom stereocenters. The number of nitrogen functional groups attached to an aromatic ring is 1. The largest absolute Gasteiger partial charge is 0.399 e. The van der Waals surface area contributed by atoms with Crippen molar-refractivity contribution >= 4 is 11.6 Å². The van der Waals surface area contributed by atoms with E-state index in [0.29, 0.717) is 12.8 Å². The zero-order chi connectivity index (χ0) is 14.3. The number of nitrogens with two attached hydrogens (primary N) is 1. The summed E-state index contributed by atoms with van der Waals surface area (Å²) in [6, 6.07) is 7.36. The first-order valence-corrected chi connectivity index (χ1v) is 6.26. The van der Waals surface area contributed by atoms with Gasteiger partial charge >= 0.3 is 0 Å². The maximum atomic E-state index is 11.8. The molecule has 0 saturated carbocycles. The standard InChI is InChI=1S/C14H22N2O3/c1-10(14(18-2)19-3)16-13(17)9-8-11-6-4-5-7-12(11)15/h4-7,10,14H,8-9,15H2,1-3H3,(H,16,17). The number of amides is 1. The zero-order valence-corrected chi connectivity index (χ0v) is 11.7. The van der Waals surface area contributed by atoms with Gasteiger partial charge in [0.2, 0.25) is 5.91 Å². The lowest BCUT2D eigenvalue weighted by molar-refractivity contribution is -0.135. The fraction of sp³-hybridized carbons (Fsp3) is 0.500. The summed E-state index contributed by atoms with van der Waals surface area (Å²) in [6.07, 6.45) is 0.569. The third-order valence-electron chi connectivity index (χ3n) is 2.94. The molecule has 1 aromatic rings. The van der Waals surface area contributed by atoms with Crippen molar-refractivity contribution in [2.24, 2.45) is 0 Å². The van der Waals surface area contributed by atoms with Gasteiger partial charge in [-0.15, -0.1) is 0 Å². The normalized spacial score (nSPS) is 12.4. The number of carbonyl (C=O) groups is 1. The van der Waals surface area contributed by atoms with Crippen molar-refractivity contribution in [3.05, 3.63) is 29.8 Å². The van der Waals surface area contributed by atoms with Gasteiger partial charge in [-0.2, -0.15) is 0 Å². The van der Waals surface area contributed by atoms with Crippen LogP contribution >= 0.6 is 0 Å². The molecule has 5 nitrogen and oxygen atoms in total. The van der Waals surface area contributed by atoms with Crippen molar-refractivity contribution in [1.29, 1.82) is 0 Å². The lowest BCUT2D eigenvalue weighted by Crippen LogP contribution is -2.43. The number of ether oxygens (including phenoxy) is 2. The molecule has 1 aromatic carbocycles. The number of rotatable bonds is 7. The van der Waals surface area contributed by atoms with Crippen LogP contribution in [0.3, 0.4) is 0 Å². The first-order chi connectivity index (χ1) is 9.08. The van der Waals surface area contributed by atoms with Crippen molar-refractivity contribution in [1.82, 2.24) is 5.32 Å². The summed E-state index contributed by atoms with van der Waals surface area (Å²) in [7, 11) is 3.09. The van der Waals surface area contributed by atoms with Crippen LogP contribution in [0.2, 0.25) is 0 Å². The Balaban J connectivity index is 2.42. The predicted octanol–water partition coefficient (Wildman–Crippen LogP) is 1.32. The molecule has 0 fully saturated rings. The average molecular weight is 266 g/mol. The van der Waals surface area contributed by atoms with Crippen molar-refractivity contribution in [2.75, 3.05) is 20.0 Å². The Labute approximate surface area is 114 Å². The number of nitrogens with one attached hydrogen (secondary N) is 1. The molecule has 0 aromatic heterocycles. The highest BCUT2D eigenvalue weighted by atomic mass is 16.7. The van der Waals surface area contributed by atoms with Gasteiger partial charge in [0.05, 0.1) is 6.04 Å². The molecule has 0 radical (unpaired) electrons. The van der Waals surface area contributed by atoms with Crippen LogP contribution < -0.4 is 11.1 Å². The minimum atomic E-state index is -0.439. The summed E-state index contributed by atoms with van der Waals surface area (Å²) >= 11 is 0. The van der Waals surface area contributed by atoms with Gasteiger partial charge < -0.3 is 20.5 Å². The molecule has 0 aliphatic rings. The highest BCUT2D eigenvalue weighted by Gasteiger charge is 2.17. The lowest BCUT2D eigenvalue weighted by Gasteiger charge is -2.22. The summed E-state index contributed by atoms with van der Waals surface area (Å²) in [5.74, 6) is -0.0464. The SMILES string of the molecule is COC(OC)C(C)NC(=O)CCc1ccccc1N. The van der Waals surface area contributed by atoms with E-state index in [1.54, 1.807) is 14.2 Å². The maximum absolute atomic E-state index is 11.8. The Morgan fingerprint density at radius 2 is 1.95 bits per heavy atom. The van der Waals surface area contributed by atoms with Gasteiger partial charge in [-0.05, 0) is 25.0 Å². The number of para-hydroxylation sites is 1. The third-order valence-corrected chi connectivity index (χ3v) is 2.94. The lowest BCUT2D eigenvalue weighted by atomic mass is 10.1. The Morgan fingerprint density at radius 3 is 2.53 bits per heavy atom. The topological polar surface area (TPSA) is 73.6 Å². The van der Waals surface area contributed by atoms with Crippen LogP contribution in [0, 0.1) is 0 Å². The second-order valence-electron chi connectivity index (χ2n) is 4.39. The minimum Gasteiger partial charge on any atom is -0.399 e. The highest BCUT2D eigenvalue weighted by molar-refractivity contribution is 5.76. The van der Waals surface area contributed by atoms with E-state index in [1.807, 2.05) is 31.2 Å². The van der Waals surface area contributed by atoms with Crippen LogP contribution in [0.25, 0.3) is 0 Å². The molecular weight excluding hydrogens is 244 g/mol. The van der Waals surface area contributed by atoms with Crippen molar-refractivity contribution in [3.8, 4) is 0 Å². The van der Waals surface area contributed by atoms with E-state index in [9.17, 15) is 4.79 Å². The van der Waals surface area contributed by atoms with Gasteiger partial charge in [0.15, 0.2) is 6.29 Å². The van der Waals surface area contributed by atoms with Gasteiger partial charge in [0.1, 0.15) is 0 Å². The number of aryl methyl sites for hydroxylation is 1. The maximum Gasteiger partial charge on any atom is 0.220 e. The van der Waals surface area contributed by atoms with Crippen LogP contribution in [0.4, 0.5) is 5.69 Å². The zero-order valence-electron chi connectivity index (χ0n) is 11.7. The molecule has 5 heteroatoms. The Morgan fingerprint density at radius 1 is 1.32 bits per heavy atom. The van der Waals surface area contributed by atoms with Crippen LogP contribution in [-0.4, -0.2) is 32.5 Å². The third kappa shape index (κ3) is 4.89. The number of hydrogen-bond donors (Lipinski definition) is 2. The summed E-state index contributed by atoms with van der Waals surface area (Å²) < 4.78 is 10.2. The van der Waals surface area contributed by atoms with Gasteiger partial charge in [-0.25, -0.2) is 0 Å². The molecule has 19 heavy (non-hydrogen) atoms. The van der Waals surface area contributed by atoms with Crippen LogP contribution in [-0.2, 0) is 20.7 Å². The Hall–Kier alpha value is -1.59. The van der Waals surface area contributed by atoms with Crippen LogP contribution in [0.15, 0.2) is 24.3 Å². The molecule has 0 heterocycles. The number of carbonyl (C=O) groups excluding carboxylic acids is 1. The number of anilines is 1. The molecule has 1 rings (SSSR count). The van der Waals surface area contributed by atoms with Gasteiger partial charge in [-0.3, -0.25) is 4.79 Å². The number of methoxy groups -OCH3 is 2. The minimum absolute atomic E-state index is 0.0464. The first-order valence-electron chi connectivity index (χ1n) is 6.26. The van der Waals surface area contributed by atoms with E-state index in [-0.39, 0.29) is 11.9 Å². The molecule has 0 aliphatic carbocycles. The fourth-order valence-corrected chi connectivity index (χ4v) is 1.91. The number of benzene rings is 1. The summed E-state index contributed by atoms with van der Waals surface area (Å²) in [5, 5.41) is 2.84. The van der Waals surface area contributed by atoms with Gasteiger partial charge in [0.25, 0.3) is 0 Å². The van der Waals surface area contributed by atoms with Crippen molar-refractivity contribution < 1.29 is 14.3 Å². The molecule has 0 spiro atoms. The fourth-order valence-electron chi connectivity index (χ4n) is 1.91. The van der Waals surface area contributed by atoms with E-state index < -0.39 is 6.29 Å². The molecule has 0 bridgehead atoms. The molecule has 1 amide bonds. The number of hydrogen-bond acceptors (Lipinski definition) is 4. The quantitative estimate of drug-likeness (QED) is 0.576. The van der Waals surface area contributed by atoms with E-state index >= 15 is 0 Å². The molecule has 0 saturated heterocycles. The summed E-state index contributed by atoms with van der Waals surface area (Å²) in [6.45, 7) is 1.84. The molecule has 3 N–H and O–H groups in total. The van der Waals surface area contributed by atoms with E-state index in [1.165, 1.54) is 0 Å². The smallest absolute Gasteiger partial charge is 0.220 e. The van der Waals surface area contributed by atoms with E-state index in [4.69, 9.17) is 15.2 Å². The van der Waals surface area contributed by atoms with E-state index in [2.05, 4.69) is 5.32 Å². The first kappa shape index (κ1) is 15.5. The van der Waals surface area contributed by atoms with Crippen LogP contribution in [0.5, 0.6) is 0 Å². The molecule has 1 atom stereocenters. The van der Waals surface area contributed by atoms with Gasteiger partial charge in [-0.1, -0.05) is 18.2 Å². The highest BCUT2D eigenvalue weighted by Crippen LogP contribution is 2.12. The van der Waals surface area contributed by atoms with Crippen LogP contribution in [0.1, 0.15) is 18.9 Å². The summed E-state index contributed by atoms with van der Waals surface area (Å²) in [5.41, 5.74) is 7.53. The molecule has 106 valence electrons. The Kier molecular flexibility index (Phi) is 6.32. The predicted molar refractivity (Wildman–Crippen MR) is 74.6 cm³/mol. The second kappa shape index (κ2) is 7.76. The Bertz CT molecular complexity index is 405. The van der Waals surface area contributed by atoms with Crippen molar-refractivity contribution in [2.45, 2.75) is 32.1 Å². The van der Waals surface area contributed by atoms with Gasteiger partial charge in [0, 0.05) is 26.3 Å². The van der Waals surface area contributed by atoms with E-state index in [0.717, 1.165) is 11.3 Å². The monoisotopic (exact) mass is 266 g/mol. The summed E-state index contributed by atoms with van der Waals surface area (Å²) in [4.78, 5) is 11.8. The second-order valence-corrected chi connectivity index (χ2v) is 4.39. The molecular formula is C14H22N2O3. The average Bonchev–Trinajstić information content (AvgIpc) is 2.39. The van der Waals surface area contributed by atoms with Crippen molar-refractivity contribution in [3.63, 3.8) is 0 Å². The molecule has 0 aliphatic heterocycles.